The van der Waals surface area contributed by atoms with Crippen molar-refractivity contribution < 1.29 is 45.0 Å². The van der Waals surface area contributed by atoms with E-state index in [1.54, 1.807) is 12.0 Å². The zero-order valence-corrected chi connectivity index (χ0v) is 39.3. The molecule has 0 saturated carbocycles. The lowest BCUT2D eigenvalue weighted by atomic mass is 9.99. The van der Waals surface area contributed by atoms with Crippen molar-refractivity contribution in [2.45, 2.75) is 62.4 Å². The summed E-state index contributed by atoms with van der Waals surface area (Å²) in [5.74, 6) is 0.0757. The van der Waals surface area contributed by atoms with E-state index >= 15 is 0 Å². The smallest absolute Gasteiger partial charge is 0.416 e. The first-order valence-electron chi connectivity index (χ1n) is 22.1. The number of alkyl halides is 3. The minimum absolute atomic E-state index is 0.00168. The largest absolute Gasteiger partial charge is 0.534 e. The Labute approximate surface area is 377 Å². The highest BCUT2D eigenvalue weighted by molar-refractivity contribution is 7.89. The number of halogens is 3. The maximum absolute atomic E-state index is 14.7. The van der Waals surface area contributed by atoms with Crippen molar-refractivity contribution >= 4 is 34.6 Å². The Morgan fingerprint density at radius 1 is 0.797 bits per heavy atom. The number of aryl methyl sites for hydroxylation is 1. The average molecular weight is 923 g/mol. The van der Waals surface area contributed by atoms with Crippen LogP contribution >= 0.6 is 0 Å². The van der Waals surface area contributed by atoms with Crippen LogP contribution < -0.4 is 14.8 Å². The third-order valence-electron chi connectivity index (χ3n) is 12.6. The number of rotatable bonds is 14. The van der Waals surface area contributed by atoms with Gasteiger partial charge in [0, 0.05) is 77.6 Å². The SMILES string of the molecule is COCC1CN(CCN2CCN(C(=O)c3cc(C(F)(F)F)cc(S(=O)(=O)N4CCOCC4)c3)C(Cc3ccc(C)c(O[Si](c4ccccc4)(c4ccccc4)C(C)(C)C)c3)C2)CCO1. The van der Waals surface area contributed by atoms with Crippen LogP contribution in [0.1, 0.15) is 47.8 Å². The number of sulfonamides is 1. The third-order valence-corrected chi connectivity index (χ3v) is 19.4. The van der Waals surface area contributed by atoms with E-state index in [4.69, 9.17) is 18.6 Å². The van der Waals surface area contributed by atoms with E-state index < -0.39 is 46.9 Å². The summed E-state index contributed by atoms with van der Waals surface area (Å²) in [6, 6.07) is 28.9. The lowest BCUT2D eigenvalue weighted by Crippen LogP contribution is -2.68. The molecule has 3 fully saturated rings. The Kier molecular flexibility index (Phi) is 15.1. The van der Waals surface area contributed by atoms with Crippen molar-refractivity contribution in [3.05, 3.63) is 119 Å². The quantitative estimate of drug-likeness (QED) is 0.148. The van der Waals surface area contributed by atoms with E-state index in [1.807, 2.05) is 55.5 Å². The van der Waals surface area contributed by atoms with Gasteiger partial charge in [-0.3, -0.25) is 14.6 Å². The zero-order valence-electron chi connectivity index (χ0n) is 37.5. The molecule has 4 aromatic rings. The summed E-state index contributed by atoms with van der Waals surface area (Å²) in [4.78, 5) is 20.4. The van der Waals surface area contributed by atoms with E-state index in [2.05, 4.69) is 60.9 Å². The molecule has 0 aliphatic carbocycles. The van der Waals surface area contributed by atoms with Crippen LogP contribution in [0, 0.1) is 6.92 Å². The van der Waals surface area contributed by atoms with Crippen LogP contribution in [0.4, 0.5) is 13.2 Å². The topological polar surface area (TPSA) is 101 Å². The normalized spacial score (nSPS) is 20.0. The highest BCUT2D eigenvalue weighted by atomic mass is 32.2. The van der Waals surface area contributed by atoms with Gasteiger partial charge < -0.3 is 23.5 Å². The molecule has 2 unspecified atom stereocenters. The van der Waals surface area contributed by atoms with Crippen molar-refractivity contribution in [2.24, 2.45) is 0 Å². The van der Waals surface area contributed by atoms with Crippen LogP contribution in [0.15, 0.2) is 102 Å². The number of carbonyl (C=O) groups is 1. The second-order valence-corrected chi connectivity index (χ2v) is 24.2. The van der Waals surface area contributed by atoms with Gasteiger partial charge in [0.2, 0.25) is 10.0 Å². The van der Waals surface area contributed by atoms with E-state index in [-0.39, 0.29) is 49.6 Å². The third kappa shape index (κ3) is 10.8. The molecule has 11 nitrogen and oxygen atoms in total. The van der Waals surface area contributed by atoms with Gasteiger partial charge in [-0.05, 0) is 64.1 Å². The molecule has 3 saturated heterocycles. The van der Waals surface area contributed by atoms with Crippen molar-refractivity contribution in [1.29, 1.82) is 0 Å². The van der Waals surface area contributed by atoms with Crippen LogP contribution in [-0.2, 0) is 36.8 Å². The minimum Gasteiger partial charge on any atom is -0.534 e. The second-order valence-electron chi connectivity index (χ2n) is 18.0. The molecule has 3 heterocycles. The number of amides is 1. The van der Waals surface area contributed by atoms with E-state index in [0.717, 1.165) is 63.3 Å². The molecule has 3 aliphatic heterocycles. The molecule has 0 N–H and O–H groups in total. The molecule has 64 heavy (non-hydrogen) atoms. The van der Waals surface area contributed by atoms with Crippen LogP contribution in [-0.4, -0.2) is 146 Å². The van der Waals surface area contributed by atoms with Gasteiger partial charge >= 0.3 is 14.5 Å². The van der Waals surface area contributed by atoms with E-state index in [0.29, 0.717) is 45.3 Å². The maximum Gasteiger partial charge on any atom is 0.416 e. The number of hydrogen-bond donors (Lipinski definition) is 0. The Morgan fingerprint density at radius 2 is 1.44 bits per heavy atom. The molecule has 4 aromatic carbocycles. The summed E-state index contributed by atoms with van der Waals surface area (Å²) in [5.41, 5.74) is 0.335. The van der Waals surface area contributed by atoms with Crippen molar-refractivity contribution in [3.63, 3.8) is 0 Å². The summed E-state index contributed by atoms with van der Waals surface area (Å²) in [6.07, 6.45) is -4.54. The lowest BCUT2D eigenvalue weighted by molar-refractivity contribution is -0.137. The van der Waals surface area contributed by atoms with Crippen LogP contribution in [0.2, 0.25) is 5.04 Å². The number of benzene rings is 4. The fourth-order valence-corrected chi connectivity index (χ4v) is 15.2. The van der Waals surface area contributed by atoms with Gasteiger partial charge in [0.25, 0.3) is 5.91 Å². The van der Waals surface area contributed by atoms with Crippen LogP contribution in [0.3, 0.4) is 0 Å². The second kappa shape index (κ2) is 20.2. The number of methoxy groups -OCH3 is 1. The highest BCUT2D eigenvalue weighted by Crippen LogP contribution is 2.39. The molecule has 0 aromatic heterocycles. The van der Waals surface area contributed by atoms with Crippen LogP contribution in [0.5, 0.6) is 5.75 Å². The average Bonchev–Trinajstić information content (AvgIpc) is 3.28. The highest BCUT2D eigenvalue weighted by Gasteiger charge is 2.52. The molecule has 7 rings (SSSR count). The fourth-order valence-electron chi connectivity index (χ4n) is 9.22. The van der Waals surface area contributed by atoms with Crippen molar-refractivity contribution in [1.82, 2.24) is 19.0 Å². The lowest BCUT2D eigenvalue weighted by Gasteiger charge is -2.44. The summed E-state index contributed by atoms with van der Waals surface area (Å²) in [7, 11) is -5.72. The predicted octanol–water partition coefficient (Wildman–Crippen LogP) is 5.69. The summed E-state index contributed by atoms with van der Waals surface area (Å²) in [6.45, 7) is 14.2. The number of morpholine rings is 2. The number of hydrogen-bond acceptors (Lipinski definition) is 9. The molecule has 1 amide bonds. The molecule has 0 spiro atoms. The molecule has 3 aliphatic rings. The summed E-state index contributed by atoms with van der Waals surface area (Å²) < 4.78 is 96.1. The van der Waals surface area contributed by atoms with Gasteiger partial charge in [0.15, 0.2) is 0 Å². The number of nitrogens with zero attached hydrogens (tertiary/aromatic N) is 4. The molecular formula is C48H61F3N4O7SSi. The van der Waals surface area contributed by atoms with Crippen molar-refractivity contribution in [2.75, 3.05) is 92.4 Å². The molecule has 16 heteroatoms. The number of ether oxygens (including phenoxy) is 3. The molecule has 346 valence electrons. The molecule has 0 bridgehead atoms. The number of piperazine rings is 1. The minimum atomic E-state index is -4.89. The molecular weight excluding hydrogens is 862 g/mol. The first-order valence-corrected chi connectivity index (χ1v) is 25.4. The van der Waals surface area contributed by atoms with E-state index in [9.17, 15) is 26.4 Å². The monoisotopic (exact) mass is 922 g/mol. The Bertz CT molecular complexity index is 2270. The van der Waals surface area contributed by atoms with Crippen molar-refractivity contribution in [3.8, 4) is 5.75 Å². The Morgan fingerprint density at radius 3 is 2.05 bits per heavy atom. The van der Waals surface area contributed by atoms with Gasteiger partial charge in [-0.25, -0.2) is 8.42 Å². The Balaban J connectivity index is 1.23. The van der Waals surface area contributed by atoms with Gasteiger partial charge in [-0.1, -0.05) is 93.6 Å². The first kappa shape index (κ1) is 47.8. The fraction of sp³-hybridized carbons (Fsp3) is 0.479. The van der Waals surface area contributed by atoms with Gasteiger partial charge in [0.1, 0.15) is 5.75 Å². The summed E-state index contributed by atoms with van der Waals surface area (Å²) in [5, 5.41) is 1.96. The van der Waals surface area contributed by atoms with Gasteiger partial charge in [-0.2, -0.15) is 17.5 Å². The van der Waals surface area contributed by atoms with Gasteiger partial charge in [-0.15, -0.1) is 0 Å². The standard InChI is InChI=1S/C48H61F3N4O7SSi/c1-36-16-17-37(29-45(36)62-64(47(2,3)4,43-12-8-6-9-13-43)44-14-10-7-11-15-44)28-40-33-52(18-19-53-22-27-61-41(34-53)35-59-5)20-21-55(40)46(56)38-30-39(48(49,50)51)32-42(31-38)63(57,58)54-23-25-60-26-24-54/h6-17,29-32,40-41H,18-28,33-35H2,1-5H3. The van der Waals surface area contributed by atoms with E-state index in [1.165, 1.54) is 0 Å². The Hall–Kier alpha value is -4.13. The number of carbonyl (C=O) groups excluding carboxylic acids is 1. The molecule has 0 radical (unpaired) electrons. The predicted molar refractivity (Wildman–Crippen MR) is 243 cm³/mol. The summed E-state index contributed by atoms with van der Waals surface area (Å²) >= 11 is 0. The van der Waals surface area contributed by atoms with Gasteiger partial charge in [0.05, 0.1) is 43.0 Å². The maximum atomic E-state index is 14.7. The zero-order chi connectivity index (χ0) is 45.7. The molecule has 2 atom stereocenters. The first-order chi connectivity index (χ1) is 30.5. The van der Waals surface area contributed by atoms with Crippen LogP contribution in [0.25, 0.3) is 0 Å².